The Hall–Kier alpha value is 0.640. The number of allylic oxidation sites excluding steroid dienone is 1. The first-order valence-electron chi connectivity index (χ1n) is 6.51. The van der Waals surface area contributed by atoms with Gasteiger partial charge in [-0.05, 0) is 35.1 Å². The summed E-state index contributed by atoms with van der Waals surface area (Å²) < 4.78 is 0. The first kappa shape index (κ1) is 17.7. The molecule has 4 heteroatoms. The van der Waals surface area contributed by atoms with Gasteiger partial charge in [-0.1, -0.05) is 56.8 Å². The molecule has 0 heterocycles. The molecule has 0 bridgehead atoms. The zero-order chi connectivity index (χ0) is 14.6. The Labute approximate surface area is 137 Å². The van der Waals surface area contributed by atoms with Crippen LogP contribution in [0, 0.1) is 0 Å². The Morgan fingerprint density at radius 3 is 2.26 bits per heavy atom. The van der Waals surface area contributed by atoms with Gasteiger partial charge in [0.2, 0.25) is 0 Å². The zero-order valence-electron chi connectivity index (χ0n) is 12.2. The summed E-state index contributed by atoms with van der Waals surface area (Å²) in [4.78, 5) is 0. The number of hydrogen-bond donors (Lipinski definition) is 0. The summed E-state index contributed by atoms with van der Waals surface area (Å²) in [7, 11) is 9.58. The fourth-order valence-corrected chi connectivity index (χ4v) is 4.71. The van der Waals surface area contributed by atoms with Crippen LogP contribution in [0.5, 0.6) is 0 Å². The molecule has 0 aromatic heterocycles. The van der Waals surface area contributed by atoms with Gasteiger partial charge in [-0.25, -0.2) is 0 Å². The van der Waals surface area contributed by atoms with Crippen molar-refractivity contribution >= 4 is 31.9 Å². The van der Waals surface area contributed by atoms with E-state index in [-0.39, 0.29) is 8.80 Å². The van der Waals surface area contributed by atoms with Crippen LogP contribution >= 0.6 is 17.0 Å². The second-order valence-corrected chi connectivity index (χ2v) is 11.9. The van der Waals surface area contributed by atoms with Crippen molar-refractivity contribution < 1.29 is 20.8 Å². The van der Waals surface area contributed by atoms with E-state index in [2.05, 4.69) is 58.1 Å². The second-order valence-electron chi connectivity index (χ2n) is 5.47. The number of benzene rings is 1. The van der Waals surface area contributed by atoms with Crippen molar-refractivity contribution in [1.29, 1.82) is 0 Å². The summed E-state index contributed by atoms with van der Waals surface area (Å²) >= 11 is -0.826. The molecular formula is C15H21Cl2SiZr. The van der Waals surface area contributed by atoms with Crippen molar-refractivity contribution in [1.82, 2.24) is 0 Å². The summed E-state index contributed by atoms with van der Waals surface area (Å²) in [6.45, 7) is 11.7. The van der Waals surface area contributed by atoms with Crippen LogP contribution in [0.25, 0.3) is 6.08 Å². The average Bonchev–Trinajstić information content (AvgIpc) is 2.65. The summed E-state index contributed by atoms with van der Waals surface area (Å²) in [5.74, 6) is 0.627. The molecule has 2 rings (SSSR count). The van der Waals surface area contributed by atoms with Gasteiger partial charge >= 0.3 is 37.9 Å². The Kier molecular flexibility index (Phi) is 7.61. The summed E-state index contributed by atoms with van der Waals surface area (Å²) in [5, 5.41) is 0. The van der Waals surface area contributed by atoms with Gasteiger partial charge in [0.25, 0.3) is 0 Å². The molecular weight excluding hydrogens is 370 g/mol. The number of fused-ring (bicyclic) bond motifs is 1. The molecule has 0 aliphatic heterocycles. The number of hydrogen-bond acceptors (Lipinski definition) is 0. The van der Waals surface area contributed by atoms with E-state index >= 15 is 0 Å². The molecule has 0 nitrogen and oxygen atoms in total. The van der Waals surface area contributed by atoms with E-state index in [4.69, 9.17) is 17.0 Å². The van der Waals surface area contributed by atoms with Gasteiger partial charge in [-0.3, -0.25) is 0 Å². The SMILES string of the molecule is CC1=Cc2c(C(C)C)cccc2C1[Si](C)C.[Cl][Zr][Cl]. The van der Waals surface area contributed by atoms with Crippen molar-refractivity contribution in [2.45, 2.75) is 45.3 Å². The van der Waals surface area contributed by atoms with E-state index in [1.54, 1.807) is 11.1 Å². The van der Waals surface area contributed by atoms with Gasteiger partial charge in [0.05, 0.1) is 8.80 Å². The van der Waals surface area contributed by atoms with E-state index < -0.39 is 20.8 Å². The molecule has 1 atom stereocenters. The zero-order valence-corrected chi connectivity index (χ0v) is 17.2. The minimum absolute atomic E-state index is 0.283. The molecule has 1 unspecified atom stereocenters. The molecule has 0 saturated heterocycles. The van der Waals surface area contributed by atoms with Crippen LogP contribution in [0.1, 0.15) is 48.9 Å². The Morgan fingerprint density at radius 2 is 1.79 bits per heavy atom. The van der Waals surface area contributed by atoms with E-state index in [0.29, 0.717) is 5.92 Å². The second kappa shape index (κ2) is 8.17. The van der Waals surface area contributed by atoms with Crippen LogP contribution in [-0.2, 0) is 20.8 Å². The Bertz CT molecular complexity index is 455. The van der Waals surface area contributed by atoms with E-state index in [1.165, 1.54) is 11.1 Å². The fraction of sp³-hybridized carbons (Fsp3) is 0.467. The van der Waals surface area contributed by atoms with Crippen molar-refractivity contribution in [3.63, 3.8) is 0 Å². The fourth-order valence-electron chi connectivity index (χ4n) is 2.85. The molecule has 0 spiro atoms. The predicted octanol–water partition coefficient (Wildman–Crippen LogP) is 5.98. The number of rotatable bonds is 2. The van der Waals surface area contributed by atoms with E-state index in [1.807, 2.05) is 0 Å². The first-order chi connectivity index (χ1) is 8.93. The first-order valence-corrected chi connectivity index (χ1v) is 15.4. The van der Waals surface area contributed by atoms with Crippen LogP contribution in [0.2, 0.25) is 13.1 Å². The quantitative estimate of drug-likeness (QED) is 0.544. The minimum atomic E-state index is -0.826. The molecule has 1 aliphatic rings. The van der Waals surface area contributed by atoms with Gasteiger partial charge in [-0.2, -0.15) is 0 Å². The van der Waals surface area contributed by atoms with E-state index in [9.17, 15) is 0 Å². The third kappa shape index (κ3) is 4.30. The van der Waals surface area contributed by atoms with Crippen molar-refractivity contribution in [2.24, 2.45) is 0 Å². The molecule has 0 saturated carbocycles. The predicted molar refractivity (Wildman–Crippen MR) is 86.1 cm³/mol. The third-order valence-corrected chi connectivity index (χ3v) is 5.43. The van der Waals surface area contributed by atoms with Crippen molar-refractivity contribution in [3.05, 3.63) is 40.5 Å². The summed E-state index contributed by atoms with van der Waals surface area (Å²) in [6.07, 6.45) is 2.42. The van der Waals surface area contributed by atoms with Gasteiger partial charge in [0.15, 0.2) is 0 Å². The Morgan fingerprint density at radius 1 is 1.21 bits per heavy atom. The molecule has 1 aromatic carbocycles. The van der Waals surface area contributed by atoms with Crippen LogP contribution in [0.3, 0.4) is 0 Å². The van der Waals surface area contributed by atoms with Gasteiger partial charge < -0.3 is 0 Å². The van der Waals surface area contributed by atoms with Crippen LogP contribution in [-0.4, -0.2) is 8.80 Å². The van der Waals surface area contributed by atoms with Crippen LogP contribution < -0.4 is 0 Å². The average molecular weight is 392 g/mol. The topological polar surface area (TPSA) is 0 Å². The van der Waals surface area contributed by atoms with E-state index in [0.717, 1.165) is 5.54 Å². The van der Waals surface area contributed by atoms with Crippen molar-refractivity contribution in [3.8, 4) is 0 Å². The monoisotopic (exact) mass is 389 g/mol. The van der Waals surface area contributed by atoms with Gasteiger partial charge in [-0.15, -0.1) is 0 Å². The Balaban J connectivity index is 0.000000550. The molecule has 1 aliphatic carbocycles. The van der Waals surface area contributed by atoms with Gasteiger partial charge in [0, 0.05) is 0 Å². The normalized spacial score (nSPS) is 16.9. The summed E-state index contributed by atoms with van der Waals surface area (Å²) in [5.41, 5.74) is 6.93. The molecule has 0 N–H and O–H groups in total. The third-order valence-electron chi connectivity index (χ3n) is 3.51. The molecule has 19 heavy (non-hydrogen) atoms. The van der Waals surface area contributed by atoms with Crippen molar-refractivity contribution in [2.75, 3.05) is 0 Å². The van der Waals surface area contributed by atoms with Crippen LogP contribution in [0.15, 0.2) is 23.8 Å². The maximum atomic E-state index is 4.93. The molecule has 1 aromatic rings. The molecule has 1 radical (unpaired) electrons. The molecule has 0 amide bonds. The number of halogens is 2. The standard InChI is InChI=1S/C15H21Si.2ClH.Zr/c1-10(2)12-7-6-8-13-14(12)9-11(3)15(13)16(4)5;;;/h6-10,15H,1-5H3;2*1H;/q;;;+2/p-2. The van der Waals surface area contributed by atoms with Gasteiger partial charge in [0.1, 0.15) is 0 Å². The maximum absolute atomic E-state index is 4.93. The molecule has 103 valence electrons. The van der Waals surface area contributed by atoms with Crippen LogP contribution in [0.4, 0.5) is 0 Å². The molecule has 0 fully saturated rings. The summed E-state index contributed by atoms with van der Waals surface area (Å²) in [6, 6.07) is 6.85.